The van der Waals surface area contributed by atoms with Gasteiger partial charge in [-0.1, -0.05) is 36.4 Å². The van der Waals surface area contributed by atoms with E-state index in [0.717, 1.165) is 19.6 Å². The van der Waals surface area contributed by atoms with Crippen molar-refractivity contribution in [2.45, 2.75) is 24.8 Å². The smallest absolute Gasteiger partial charge is 0.123 e. The van der Waals surface area contributed by atoms with Crippen molar-refractivity contribution in [3.05, 3.63) is 71.0 Å². The molecular weight excluding hydrogens is 249 g/mol. The molecule has 2 unspecified atom stereocenters. The molecule has 2 aliphatic rings. The van der Waals surface area contributed by atoms with Crippen LogP contribution in [0.4, 0.5) is 4.39 Å². The minimum absolute atomic E-state index is 0.0918. The number of likely N-dealkylation sites (tertiary alicyclic amines) is 1. The van der Waals surface area contributed by atoms with Crippen molar-refractivity contribution in [2.75, 3.05) is 13.1 Å². The van der Waals surface area contributed by atoms with Crippen molar-refractivity contribution in [3.63, 3.8) is 0 Å². The Labute approximate surface area is 119 Å². The Morgan fingerprint density at radius 3 is 2.50 bits per heavy atom. The lowest BCUT2D eigenvalue weighted by Gasteiger charge is -2.32. The fraction of sp³-hybridized carbons (Fsp3) is 0.333. The molecule has 2 atom stereocenters. The van der Waals surface area contributed by atoms with Crippen LogP contribution in [0.25, 0.3) is 0 Å². The fourth-order valence-electron chi connectivity index (χ4n) is 3.88. The molecule has 1 fully saturated rings. The van der Waals surface area contributed by atoms with Gasteiger partial charge in [-0.25, -0.2) is 4.39 Å². The molecule has 2 bridgehead atoms. The average Bonchev–Trinajstić information content (AvgIpc) is 2.71. The first-order chi connectivity index (χ1) is 9.79. The predicted octanol–water partition coefficient (Wildman–Crippen LogP) is 3.91. The molecule has 1 saturated heterocycles. The van der Waals surface area contributed by atoms with Crippen molar-refractivity contribution >= 4 is 0 Å². The zero-order valence-electron chi connectivity index (χ0n) is 11.4. The molecule has 2 aromatic rings. The zero-order valence-corrected chi connectivity index (χ0v) is 11.4. The van der Waals surface area contributed by atoms with Gasteiger partial charge in [0, 0.05) is 19.6 Å². The molecule has 0 radical (unpaired) electrons. The summed E-state index contributed by atoms with van der Waals surface area (Å²) in [5.74, 6) is 1.02. The summed E-state index contributed by atoms with van der Waals surface area (Å²) in [4.78, 5) is 2.52. The zero-order chi connectivity index (χ0) is 13.5. The van der Waals surface area contributed by atoms with Crippen molar-refractivity contribution in [1.29, 1.82) is 0 Å². The van der Waals surface area contributed by atoms with E-state index in [0.29, 0.717) is 11.8 Å². The van der Waals surface area contributed by atoms with Crippen LogP contribution in [-0.4, -0.2) is 18.0 Å². The minimum atomic E-state index is -0.0918. The second kappa shape index (κ2) is 4.71. The highest BCUT2D eigenvalue weighted by Gasteiger charge is 2.37. The van der Waals surface area contributed by atoms with E-state index in [1.807, 2.05) is 6.07 Å². The molecule has 0 saturated carbocycles. The molecule has 20 heavy (non-hydrogen) atoms. The molecule has 102 valence electrons. The summed E-state index contributed by atoms with van der Waals surface area (Å²) in [5, 5.41) is 0. The first-order valence-electron chi connectivity index (χ1n) is 7.35. The number of halogens is 1. The molecule has 1 aliphatic carbocycles. The predicted molar refractivity (Wildman–Crippen MR) is 78.2 cm³/mol. The summed E-state index contributed by atoms with van der Waals surface area (Å²) < 4.78 is 13.4. The molecule has 2 aromatic carbocycles. The van der Waals surface area contributed by atoms with Crippen LogP contribution in [0, 0.1) is 5.82 Å². The van der Waals surface area contributed by atoms with Crippen LogP contribution in [0.1, 0.15) is 34.9 Å². The van der Waals surface area contributed by atoms with Gasteiger partial charge in [-0.2, -0.15) is 0 Å². The summed E-state index contributed by atoms with van der Waals surface area (Å²) in [7, 11) is 0. The lowest BCUT2D eigenvalue weighted by molar-refractivity contribution is 0.195. The van der Waals surface area contributed by atoms with Gasteiger partial charge in [0.05, 0.1) is 0 Å². The Morgan fingerprint density at radius 2 is 1.70 bits per heavy atom. The first-order valence-corrected chi connectivity index (χ1v) is 7.35. The normalized spacial score (nSPS) is 24.6. The third kappa shape index (κ3) is 2.04. The van der Waals surface area contributed by atoms with Gasteiger partial charge in [0.15, 0.2) is 0 Å². The van der Waals surface area contributed by atoms with Gasteiger partial charge in [0.25, 0.3) is 0 Å². The number of benzene rings is 2. The van der Waals surface area contributed by atoms with Gasteiger partial charge in [-0.3, -0.25) is 4.90 Å². The number of hydrogen-bond donors (Lipinski definition) is 0. The number of rotatable bonds is 2. The van der Waals surface area contributed by atoms with Gasteiger partial charge < -0.3 is 0 Å². The van der Waals surface area contributed by atoms with Gasteiger partial charge in [0.1, 0.15) is 5.82 Å². The Bertz CT molecular complexity index is 623. The van der Waals surface area contributed by atoms with E-state index in [1.165, 1.54) is 23.1 Å². The molecule has 1 nitrogen and oxygen atoms in total. The largest absolute Gasteiger partial charge is 0.298 e. The molecular formula is C18H18FN. The Balaban J connectivity index is 1.56. The number of nitrogens with zero attached hydrogens (tertiary/aromatic N) is 1. The van der Waals surface area contributed by atoms with Crippen molar-refractivity contribution in [3.8, 4) is 0 Å². The molecule has 0 amide bonds. The highest BCUT2D eigenvalue weighted by Crippen LogP contribution is 2.46. The summed E-state index contributed by atoms with van der Waals surface area (Å²) in [6.07, 6.45) is 1.20. The Hall–Kier alpha value is -1.67. The highest BCUT2D eigenvalue weighted by molar-refractivity contribution is 5.40. The Kier molecular flexibility index (Phi) is 2.85. The number of fused-ring (bicyclic) bond motifs is 5. The van der Waals surface area contributed by atoms with Gasteiger partial charge in [0.2, 0.25) is 0 Å². The highest BCUT2D eigenvalue weighted by atomic mass is 19.1. The molecule has 0 aromatic heterocycles. The topological polar surface area (TPSA) is 3.24 Å². The van der Waals surface area contributed by atoms with Gasteiger partial charge in [-0.15, -0.1) is 0 Å². The van der Waals surface area contributed by atoms with E-state index < -0.39 is 0 Å². The third-order valence-corrected chi connectivity index (χ3v) is 4.70. The quantitative estimate of drug-likeness (QED) is 0.797. The second-order valence-electron chi connectivity index (χ2n) is 6.08. The van der Waals surface area contributed by atoms with E-state index in [2.05, 4.69) is 35.2 Å². The summed E-state index contributed by atoms with van der Waals surface area (Å²) in [6, 6.07) is 16.0. The van der Waals surface area contributed by atoms with E-state index in [-0.39, 0.29) is 5.82 Å². The number of hydrogen-bond acceptors (Lipinski definition) is 1. The first kappa shape index (κ1) is 12.1. The summed E-state index contributed by atoms with van der Waals surface area (Å²) >= 11 is 0. The fourth-order valence-corrected chi connectivity index (χ4v) is 3.88. The maximum absolute atomic E-state index is 13.4. The van der Waals surface area contributed by atoms with Crippen molar-refractivity contribution < 1.29 is 4.39 Å². The van der Waals surface area contributed by atoms with Crippen LogP contribution < -0.4 is 0 Å². The van der Waals surface area contributed by atoms with Crippen LogP contribution >= 0.6 is 0 Å². The Morgan fingerprint density at radius 1 is 0.950 bits per heavy atom. The molecule has 0 spiro atoms. The summed E-state index contributed by atoms with van der Waals surface area (Å²) in [6.45, 7) is 3.16. The van der Waals surface area contributed by atoms with E-state index in [9.17, 15) is 4.39 Å². The second-order valence-corrected chi connectivity index (χ2v) is 6.08. The van der Waals surface area contributed by atoms with Gasteiger partial charge in [-0.05, 0) is 47.1 Å². The minimum Gasteiger partial charge on any atom is -0.298 e. The van der Waals surface area contributed by atoms with Crippen LogP contribution in [0.5, 0.6) is 0 Å². The SMILES string of the molecule is Fc1ccc2c(c1)C1CC2CN(Cc2ccccc2)C1. The van der Waals surface area contributed by atoms with Crippen LogP contribution in [-0.2, 0) is 6.54 Å². The summed E-state index contributed by atoms with van der Waals surface area (Å²) in [5.41, 5.74) is 4.00. The molecule has 2 heteroatoms. The van der Waals surface area contributed by atoms with Crippen LogP contribution in [0.3, 0.4) is 0 Å². The molecule has 4 rings (SSSR count). The van der Waals surface area contributed by atoms with E-state index in [4.69, 9.17) is 0 Å². The van der Waals surface area contributed by atoms with Crippen molar-refractivity contribution in [1.82, 2.24) is 4.90 Å². The monoisotopic (exact) mass is 267 g/mol. The van der Waals surface area contributed by atoms with Gasteiger partial charge >= 0.3 is 0 Å². The third-order valence-electron chi connectivity index (χ3n) is 4.70. The molecule has 0 N–H and O–H groups in total. The van der Waals surface area contributed by atoms with E-state index in [1.54, 1.807) is 12.1 Å². The molecule has 1 aliphatic heterocycles. The lowest BCUT2D eigenvalue weighted by Crippen LogP contribution is -2.34. The average molecular weight is 267 g/mol. The lowest BCUT2D eigenvalue weighted by atomic mass is 9.95. The maximum Gasteiger partial charge on any atom is 0.123 e. The van der Waals surface area contributed by atoms with Crippen LogP contribution in [0.15, 0.2) is 48.5 Å². The number of piperidine rings is 1. The van der Waals surface area contributed by atoms with Crippen LogP contribution in [0.2, 0.25) is 0 Å². The van der Waals surface area contributed by atoms with E-state index >= 15 is 0 Å². The standard InChI is InChI=1S/C18H18FN/c19-16-6-7-17-14-8-15(18(17)9-16)12-20(11-14)10-13-4-2-1-3-5-13/h1-7,9,14-15H,8,10-12H2. The maximum atomic E-state index is 13.4. The molecule has 1 heterocycles. The van der Waals surface area contributed by atoms with Crippen molar-refractivity contribution in [2.24, 2.45) is 0 Å².